The lowest BCUT2D eigenvalue weighted by Gasteiger charge is -2.12. The summed E-state index contributed by atoms with van der Waals surface area (Å²) in [6.45, 7) is 1.04. The lowest BCUT2D eigenvalue weighted by molar-refractivity contribution is -0.121. The monoisotopic (exact) mass is 267 g/mol. The van der Waals surface area contributed by atoms with E-state index in [0.717, 1.165) is 17.1 Å². The molecule has 1 amide bonds. The molecule has 0 aromatic heterocycles. The second kappa shape index (κ2) is 8.37. The van der Waals surface area contributed by atoms with E-state index in [4.69, 9.17) is 14.2 Å². The molecular formula is C14H21NO4. The van der Waals surface area contributed by atoms with Gasteiger partial charge in [-0.05, 0) is 18.6 Å². The number of ether oxygens (including phenoxy) is 3. The first kappa shape index (κ1) is 15.3. The first-order valence-corrected chi connectivity index (χ1v) is 6.18. The van der Waals surface area contributed by atoms with E-state index in [9.17, 15) is 4.79 Å². The van der Waals surface area contributed by atoms with Crippen molar-refractivity contribution in [3.05, 3.63) is 23.8 Å². The summed E-state index contributed by atoms with van der Waals surface area (Å²) in [5.41, 5.74) is 0.911. The molecule has 106 valence electrons. The maximum atomic E-state index is 11.6. The van der Waals surface area contributed by atoms with Crippen LogP contribution < -0.4 is 14.8 Å². The molecule has 1 aromatic rings. The Morgan fingerprint density at radius 3 is 2.32 bits per heavy atom. The van der Waals surface area contributed by atoms with Crippen molar-refractivity contribution in [3.63, 3.8) is 0 Å². The van der Waals surface area contributed by atoms with Crippen LogP contribution in [0.5, 0.6) is 11.5 Å². The summed E-state index contributed by atoms with van der Waals surface area (Å²) in [6, 6.07) is 5.58. The SMILES string of the molecule is COCCNC(=O)CCc1c(OC)cccc1OC. The molecule has 0 fully saturated rings. The molecule has 0 atom stereocenters. The number of nitrogens with one attached hydrogen (secondary N) is 1. The van der Waals surface area contributed by atoms with E-state index in [1.807, 2.05) is 18.2 Å². The molecule has 1 rings (SSSR count). The highest BCUT2D eigenvalue weighted by Crippen LogP contribution is 2.29. The molecule has 0 aliphatic rings. The summed E-state index contributed by atoms with van der Waals surface area (Å²) < 4.78 is 15.4. The first-order valence-electron chi connectivity index (χ1n) is 6.18. The quantitative estimate of drug-likeness (QED) is 0.723. The van der Waals surface area contributed by atoms with E-state index < -0.39 is 0 Å². The minimum atomic E-state index is -0.00925. The summed E-state index contributed by atoms with van der Waals surface area (Å²) in [7, 11) is 4.82. The Morgan fingerprint density at radius 1 is 1.16 bits per heavy atom. The van der Waals surface area contributed by atoms with E-state index in [-0.39, 0.29) is 5.91 Å². The van der Waals surface area contributed by atoms with Gasteiger partial charge in [0.2, 0.25) is 5.91 Å². The zero-order chi connectivity index (χ0) is 14.1. The zero-order valence-corrected chi connectivity index (χ0v) is 11.7. The molecule has 0 aliphatic carbocycles. The van der Waals surface area contributed by atoms with Crippen molar-refractivity contribution in [2.75, 3.05) is 34.5 Å². The number of hydrogen-bond acceptors (Lipinski definition) is 4. The van der Waals surface area contributed by atoms with Gasteiger partial charge < -0.3 is 19.5 Å². The van der Waals surface area contributed by atoms with Crippen molar-refractivity contribution in [2.45, 2.75) is 12.8 Å². The predicted octanol–water partition coefficient (Wildman–Crippen LogP) is 1.40. The highest BCUT2D eigenvalue weighted by Gasteiger charge is 2.11. The average molecular weight is 267 g/mol. The van der Waals surface area contributed by atoms with E-state index in [0.29, 0.717) is 26.0 Å². The number of amides is 1. The molecular weight excluding hydrogens is 246 g/mol. The molecule has 5 heteroatoms. The Bertz CT molecular complexity index is 384. The Morgan fingerprint density at radius 2 is 1.79 bits per heavy atom. The molecule has 1 N–H and O–H groups in total. The van der Waals surface area contributed by atoms with Crippen molar-refractivity contribution in [1.29, 1.82) is 0 Å². The van der Waals surface area contributed by atoms with Crippen LogP contribution >= 0.6 is 0 Å². The number of methoxy groups -OCH3 is 3. The number of carbonyl (C=O) groups is 1. The van der Waals surface area contributed by atoms with Gasteiger partial charge in [0.1, 0.15) is 11.5 Å². The fourth-order valence-corrected chi connectivity index (χ4v) is 1.79. The van der Waals surface area contributed by atoms with Gasteiger partial charge in [0.25, 0.3) is 0 Å². The van der Waals surface area contributed by atoms with Crippen LogP contribution in [-0.4, -0.2) is 40.4 Å². The third kappa shape index (κ3) is 4.79. The van der Waals surface area contributed by atoms with Crippen molar-refractivity contribution < 1.29 is 19.0 Å². The molecule has 0 saturated heterocycles. The van der Waals surface area contributed by atoms with Gasteiger partial charge in [-0.15, -0.1) is 0 Å². The molecule has 0 unspecified atom stereocenters. The lowest BCUT2D eigenvalue weighted by atomic mass is 10.1. The van der Waals surface area contributed by atoms with Gasteiger partial charge in [0, 0.05) is 25.6 Å². The molecule has 5 nitrogen and oxygen atoms in total. The fraction of sp³-hybridized carbons (Fsp3) is 0.500. The molecule has 0 spiro atoms. The predicted molar refractivity (Wildman–Crippen MR) is 72.8 cm³/mol. The summed E-state index contributed by atoms with van der Waals surface area (Å²) in [5.74, 6) is 1.47. The van der Waals surface area contributed by atoms with Crippen LogP contribution in [0.15, 0.2) is 18.2 Å². The molecule has 0 saturated carbocycles. The van der Waals surface area contributed by atoms with E-state index >= 15 is 0 Å². The largest absolute Gasteiger partial charge is 0.496 e. The fourth-order valence-electron chi connectivity index (χ4n) is 1.79. The van der Waals surface area contributed by atoms with Crippen LogP contribution in [0.2, 0.25) is 0 Å². The van der Waals surface area contributed by atoms with Gasteiger partial charge >= 0.3 is 0 Å². The maximum absolute atomic E-state index is 11.6. The molecule has 19 heavy (non-hydrogen) atoms. The lowest BCUT2D eigenvalue weighted by Crippen LogP contribution is -2.27. The molecule has 0 aliphatic heterocycles. The van der Waals surface area contributed by atoms with Gasteiger partial charge in [-0.25, -0.2) is 0 Å². The van der Waals surface area contributed by atoms with E-state index in [2.05, 4.69) is 5.32 Å². The summed E-state index contributed by atoms with van der Waals surface area (Å²) >= 11 is 0. The normalized spacial score (nSPS) is 10.1. The van der Waals surface area contributed by atoms with Crippen LogP contribution in [0.4, 0.5) is 0 Å². The Kier molecular flexibility index (Phi) is 6.74. The van der Waals surface area contributed by atoms with Crippen LogP contribution in [0.3, 0.4) is 0 Å². The van der Waals surface area contributed by atoms with Crippen molar-refractivity contribution >= 4 is 5.91 Å². The number of rotatable bonds is 8. The maximum Gasteiger partial charge on any atom is 0.220 e. The van der Waals surface area contributed by atoms with Gasteiger partial charge in [-0.1, -0.05) is 6.07 Å². The zero-order valence-electron chi connectivity index (χ0n) is 11.7. The first-order chi connectivity index (χ1) is 9.22. The van der Waals surface area contributed by atoms with Crippen LogP contribution in [0.25, 0.3) is 0 Å². The molecule has 0 bridgehead atoms. The number of carbonyl (C=O) groups excluding carboxylic acids is 1. The highest BCUT2D eigenvalue weighted by molar-refractivity contribution is 5.76. The number of benzene rings is 1. The topological polar surface area (TPSA) is 56.8 Å². The Balaban J connectivity index is 2.58. The van der Waals surface area contributed by atoms with Crippen molar-refractivity contribution in [1.82, 2.24) is 5.32 Å². The van der Waals surface area contributed by atoms with Gasteiger partial charge in [0.05, 0.1) is 20.8 Å². The average Bonchev–Trinajstić information content (AvgIpc) is 2.44. The van der Waals surface area contributed by atoms with Crippen LogP contribution in [-0.2, 0) is 16.0 Å². The van der Waals surface area contributed by atoms with Gasteiger partial charge in [-0.2, -0.15) is 0 Å². The summed E-state index contributed by atoms with van der Waals surface area (Å²) in [4.78, 5) is 11.6. The van der Waals surface area contributed by atoms with Crippen LogP contribution in [0, 0.1) is 0 Å². The smallest absolute Gasteiger partial charge is 0.220 e. The highest BCUT2D eigenvalue weighted by atomic mass is 16.5. The Hall–Kier alpha value is -1.75. The third-order valence-electron chi connectivity index (χ3n) is 2.76. The molecule has 1 aromatic carbocycles. The van der Waals surface area contributed by atoms with E-state index in [1.54, 1.807) is 21.3 Å². The summed E-state index contributed by atoms with van der Waals surface area (Å²) in [6.07, 6.45) is 0.965. The third-order valence-corrected chi connectivity index (χ3v) is 2.76. The second-order valence-electron chi connectivity index (χ2n) is 3.98. The molecule has 0 radical (unpaired) electrons. The standard InChI is InChI=1S/C14H21NO4/c1-17-10-9-15-14(16)8-7-11-12(18-2)5-4-6-13(11)19-3/h4-6H,7-10H2,1-3H3,(H,15,16). The summed E-state index contributed by atoms with van der Waals surface area (Å²) in [5, 5.41) is 2.78. The minimum absolute atomic E-state index is 0.00925. The number of hydrogen-bond donors (Lipinski definition) is 1. The van der Waals surface area contributed by atoms with Crippen molar-refractivity contribution in [3.8, 4) is 11.5 Å². The minimum Gasteiger partial charge on any atom is -0.496 e. The van der Waals surface area contributed by atoms with Gasteiger partial charge in [-0.3, -0.25) is 4.79 Å². The van der Waals surface area contributed by atoms with E-state index in [1.165, 1.54) is 0 Å². The molecule has 0 heterocycles. The second-order valence-corrected chi connectivity index (χ2v) is 3.98. The van der Waals surface area contributed by atoms with Crippen molar-refractivity contribution in [2.24, 2.45) is 0 Å². The Labute approximate surface area is 113 Å². The van der Waals surface area contributed by atoms with Gasteiger partial charge in [0.15, 0.2) is 0 Å². The van der Waals surface area contributed by atoms with Crippen LogP contribution in [0.1, 0.15) is 12.0 Å².